The van der Waals surface area contributed by atoms with Gasteiger partial charge in [-0.05, 0) is 178 Å². The molecule has 10 aromatic rings. The van der Waals surface area contributed by atoms with Gasteiger partial charge >= 0.3 is 0 Å². The highest BCUT2D eigenvalue weighted by Crippen LogP contribution is 2.69. The molecule has 4 fully saturated rings. The maximum atomic E-state index is 2.56. The van der Waals surface area contributed by atoms with E-state index in [4.69, 9.17) is 0 Å². The van der Waals surface area contributed by atoms with Gasteiger partial charge < -0.3 is 9.47 Å². The summed E-state index contributed by atoms with van der Waals surface area (Å²) in [6, 6.07) is 81.5. The Labute approximate surface area is 387 Å². The minimum Gasteiger partial charge on any atom is -0.311 e. The molecule has 0 unspecified atom stereocenters. The first kappa shape index (κ1) is 37.9. The van der Waals surface area contributed by atoms with Gasteiger partial charge in [0.25, 0.3) is 0 Å². The van der Waals surface area contributed by atoms with E-state index in [2.05, 4.69) is 228 Å². The molecular weight excluding hydrogens is 797 g/mol. The van der Waals surface area contributed by atoms with Crippen molar-refractivity contribution in [1.29, 1.82) is 0 Å². The zero-order valence-corrected chi connectivity index (χ0v) is 37.0. The summed E-state index contributed by atoms with van der Waals surface area (Å²) in [6.45, 7) is 0. The average molecular weight is 847 g/mol. The minimum absolute atomic E-state index is 0.187. The van der Waals surface area contributed by atoms with Crippen LogP contribution in [0.4, 0.5) is 17.1 Å². The van der Waals surface area contributed by atoms with Crippen molar-refractivity contribution in [2.45, 2.75) is 37.5 Å². The molecule has 4 saturated carbocycles. The van der Waals surface area contributed by atoms with Gasteiger partial charge in [-0.25, -0.2) is 0 Å². The van der Waals surface area contributed by atoms with Crippen molar-refractivity contribution in [3.05, 3.63) is 230 Å². The summed E-state index contributed by atoms with van der Waals surface area (Å²) >= 11 is 0. The Morgan fingerprint density at radius 2 is 0.803 bits per heavy atom. The summed E-state index contributed by atoms with van der Waals surface area (Å²) in [5.74, 6) is 3.42. The van der Waals surface area contributed by atoms with Crippen LogP contribution >= 0.6 is 0 Å². The fourth-order valence-electron chi connectivity index (χ4n) is 13.9. The summed E-state index contributed by atoms with van der Waals surface area (Å²) in [4.78, 5) is 2.39. The molecule has 0 aliphatic heterocycles. The first-order valence-electron chi connectivity index (χ1n) is 24.2. The molecule has 9 aromatic carbocycles. The molecule has 15 rings (SSSR count). The lowest BCUT2D eigenvalue weighted by Crippen LogP contribution is -2.55. The van der Waals surface area contributed by atoms with E-state index in [1.54, 1.807) is 11.1 Å². The maximum absolute atomic E-state index is 2.56. The van der Waals surface area contributed by atoms with Crippen LogP contribution in [0.2, 0.25) is 0 Å². The summed E-state index contributed by atoms with van der Waals surface area (Å²) in [5.41, 5.74) is 20.8. The SMILES string of the molecule is c1ccc(-c2ccc(N(c3ccc(-c4ccccc4-c4ccc5c(c4)-c4ccccc4C54C5CC6CC(C5)CC4C6)cc3)c3ccc(-n4c5ccccc5c5ccccc54)cc3)cc2)cc1. The van der Waals surface area contributed by atoms with Crippen LogP contribution in [0.5, 0.6) is 0 Å². The van der Waals surface area contributed by atoms with Crippen molar-refractivity contribution in [2.75, 3.05) is 4.90 Å². The maximum Gasteiger partial charge on any atom is 0.0541 e. The Kier molecular flexibility index (Phi) is 8.50. The molecular formula is C64H50N2. The van der Waals surface area contributed by atoms with E-state index < -0.39 is 0 Å². The molecule has 5 aliphatic rings. The molecule has 0 atom stereocenters. The second-order valence-electron chi connectivity index (χ2n) is 19.7. The monoisotopic (exact) mass is 846 g/mol. The van der Waals surface area contributed by atoms with Crippen LogP contribution in [0.3, 0.4) is 0 Å². The molecule has 0 saturated heterocycles. The Hall–Kier alpha value is -7.42. The number of benzene rings is 9. The third kappa shape index (κ3) is 5.67. The van der Waals surface area contributed by atoms with Crippen LogP contribution < -0.4 is 4.90 Å². The first-order chi connectivity index (χ1) is 32.7. The molecule has 1 heterocycles. The standard InChI is InChI=1S/C64H50N2/c1-2-12-44(13-3-1)45-22-27-50(28-23-45)65(52-31-33-53(34-32-52)66-62-20-10-7-17-57(62)58-18-8-11-21-63(58)66)51-29-24-46(25-30-51)54-14-4-5-15-55(54)47-26-35-61-59(41-47)56-16-6-9-19-60(56)64(61)48-37-42-36-43(39-48)40-49(64)38-42/h1-35,41-43,48-49H,36-40H2. The van der Waals surface area contributed by atoms with Crippen LogP contribution in [0.15, 0.2) is 218 Å². The molecule has 0 radical (unpaired) electrons. The van der Waals surface area contributed by atoms with Gasteiger partial charge in [0.2, 0.25) is 0 Å². The largest absolute Gasteiger partial charge is 0.311 e. The normalized spacial score (nSPS) is 21.1. The van der Waals surface area contributed by atoms with Crippen LogP contribution in [0.1, 0.15) is 43.2 Å². The predicted molar refractivity (Wildman–Crippen MR) is 275 cm³/mol. The highest BCUT2D eigenvalue weighted by Gasteiger charge is 2.61. The van der Waals surface area contributed by atoms with E-state index in [9.17, 15) is 0 Å². The molecule has 2 heteroatoms. The van der Waals surface area contributed by atoms with Crippen molar-refractivity contribution < 1.29 is 0 Å². The Bertz CT molecular complexity index is 3390. The van der Waals surface area contributed by atoms with Crippen molar-refractivity contribution in [3.8, 4) is 50.2 Å². The van der Waals surface area contributed by atoms with Gasteiger partial charge in [-0.3, -0.25) is 0 Å². The lowest BCUT2D eigenvalue weighted by Gasteiger charge is -2.61. The number of fused-ring (bicyclic) bond motifs is 6. The minimum atomic E-state index is 0.187. The molecule has 5 aliphatic carbocycles. The fourth-order valence-corrected chi connectivity index (χ4v) is 13.9. The van der Waals surface area contributed by atoms with Gasteiger partial charge in [0.05, 0.1) is 11.0 Å². The van der Waals surface area contributed by atoms with Crippen molar-refractivity contribution in [2.24, 2.45) is 23.7 Å². The quantitative estimate of drug-likeness (QED) is 0.155. The fraction of sp³-hybridized carbons (Fsp3) is 0.156. The van der Waals surface area contributed by atoms with Gasteiger partial charge in [0, 0.05) is 38.9 Å². The molecule has 1 spiro atoms. The van der Waals surface area contributed by atoms with E-state index in [1.807, 2.05) is 0 Å². The van der Waals surface area contributed by atoms with E-state index in [1.165, 1.54) is 98.4 Å². The number of aromatic nitrogens is 1. The van der Waals surface area contributed by atoms with Gasteiger partial charge in [0.1, 0.15) is 0 Å². The predicted octanol–water partition coefficient (Wildman–Crippen LogP) is 17.0. The molecule has 2 nitrogen and oxygen atoms in total. The van der Waals surface area contributed by atoms with E-state index in [-0.39, 0.29) is 5.41 Å². The average Bonchev–Trinajstić information content (AvgIpc) is 3.87. The number of rotatable bonds is 7. The second-order valence-corrected chi connectivity index (χ2v) is 19.7. The number of hydrogen-bond acceptors (Lipinski definition) is 1. The van der Waals surface area contributed by atoms with E-state index >= 15 is 0 Å². The van der Waals surface area contributed by atoms with Crippen molar-refractivity contribution >= 4 is 38.9 Å². The number of para-hydroxylation sites is 2. The van der Waals surface area contributed by atoms with Crippen molar-refractivity contribution in [1.82, 2.24) is 4.57 Å². The van der Waals surface area contributed by atoms with Crippen LogP contribution in [0, 0.1) is 23.7 Å². The molecule has 0 N–H and O–H groups in total. The summed E-state index contributed by atoms with van der Waals surface area (Å²) < 4.78 is 2.39. The van der Waals surface area contributed by atoms with Crippen LogP contribution in [-0.2, 0) is 5.41 Å². The second kappa shape index (κ2) is 14.8. The summed E-state index contributed by atoms with van der Waals surface area (Å²) in [6.07, 6.45) is 7.11. The van der Waals surface area contributed by atoms with Crippen molar-refractivity contribution in [3.63, 3.8) is 0 Å². The van der Waals surface area contributed by atoms with Gasteiger partial charge in [-0.2, -0.15) is 0 Å². The highest BCUT2D eigenvalue weighted by atomic mass is 15.1. The van der Waals surface area contributed by atoms with E-state index in [0.29, 0.717) is 0 Å². The topological polar surface area (TPSA) is 8.17 Å². The Morgan fingerprint density at radius 1 is 0.348 bits per heavy atom. The lowest BCUT2D eigenvalue weighted by molar-refractivity contribution is -0.0399. The zero-order chi connectivity index (χ0) is 43.3. The smallest absolute Gasteiger partial charge is 0.0541 e. The Balaban J connectivity index is 0.839. The summed E-state index contributed by atoms with van der Waals surface area (Å²) in [7, 11) is 0. The molecule has 66 heavy (non-hydrogen) atoms. The Morgan fingerprint density at radius 3 is 1.42 bits per heavy atom. The molecule has 316 valence electrons. The zero-order valence-electron chi connectivity index (χ0n) is 37.0. The third-order valence-electron chi connectivity index (χ3n) is 16.4. The van der Waals surface area contributed by atoms with Crippen LogP contribution in [0.25, 0.3) is 72.0 Å². The van der Waals surface area contributed by atoms with Gasteiger partial charge in [0.15, 0.2) is 0 Å². The summed E-state index contributed by atoms with van der Waals surface area (Å²) in [5, 5.41) is 2.54. The highest BCUT2D eigenvalue weighted by molar-refractivity contribution is 6.09. The number of anilines is 3. The third-order valence-corrected chi connectivity index (χ3v) is 16.4. The van der Waals surface area contributed by atoms with E-state index in [0.717, 1.165) is 46.4 Å². The first-order valence-corrected chi connectivity index (χ1v) is 24.2. The van der Waals surface area contributed by atoms with Crippen LogP contribution in [-0.4, -0.2) is 4.57 Å². The molecule has 0 amide bonds. The van der Waals surface area contributed by atoms with Gasteiger partial charge in [-0.1, -0.05) is 152 Å². The lowest BCUT2D eigenvalue weighted by atomic mass is 9.43. The molecule has 1 aromatic heterocycles. The number of hydrogen-bond donors (Lipinski definition) is 0. The molecule has 4 bridgehead atoms. The number of nitrogens with zero attached hydrogens (tertiary/aromatic N) is 2. The van der Waals surface area contributed by atoms with Gasteiger partial charge in [-0.15, -0.1) is 0 Å².